The van der Waals surface area contributed by atoms with Gasteiger partial charge in [0.1, 0.15) is 0 Å². The minimum Gasteiger partial charge on any atom is -0.395 e. The van der Waals surface area contributed by atoms with E-state index >= 15 is 0 Å². The minimum absolute atomic E-state index is 0.176. The molecule has 0 aromatic rings. The zero-order valence-corrected chi connectivity index (χ0v) is 20.3. The Balaban J connectivity index is 3.20. The minimum atomic E-state index is -3.31. The highest BCUT2D eigenvalue weighted by Gasteiger charge is 2.63. The molecule has 0 atom stereocenters. The van der Waals surface area contributed by atoms with Crippen molar-refractivity contribution in [1.82, 2.24) is 0 Å². The Morgan fingerprint density at radius 1 is 0.636 bits per heavy atom. The first-order valence-electron chi connectivity index (χ1n) is 6.67. The largest absolute Gasteiger partial charge is 0.661 e. The molecule has 1 aliphatic heterocycles. The van der Waals surface area contributed by atoms with Crippen LogP contribution in [0, 0.1) is 0 Å². The third kappa shape index (κ3) is 5.51. The van der Waals surface area contributed by atoms with Gasteiger partial charge in [0.2, 0.25) is 19.5 Å². The van der Waals surface area contributed by atoms with Crippen molar-refractivity contribution in [1.29, 1.82) is 0 Å². The number of hydrogen-bond acceptors (Lipinski definition) is 8. The van der Waals surface area contributed by atoms with Crippen LogP contribution in [0.15, 0.2) is 0 Å². The van der Waals surface area contributed by atoms with Crippen molar-refractivity contribution < 1.29 is 33.5 Å². The summed E-state index contributed by atoms with van der Waals surface area (Å²) in [7, 11) is -8.69. The Morgan fingerprint density at radius 3 is 1.23 bits per heavy atom. The maximum Gasteiger partial charge on any atom is 0.661 e. The lowest BCUT2D eigenvalue weighted by molar-refractivity contribution is 0.0316. The van der Waals surface area contributed by atoms with E-state index in [0.29, 0.717) is 0 Å². The van der Waals surface area contributed by atoms with Crippen LogP contribution in [-0.4, -0.2) is 69.0 Å². The summed E-state index contributed by atoms with van der Waals surface area (Å²) >= 11 is 0. The van der Waals surface area contributed by atoms with E-state index in [1.54, 1.807) is 0 Å². The third-order valence-electron chi connectivity index (χ3n) is 2.44. The summed E-state index contributed by atoms with van der Waals surface area (Å²) in [4.78, 5) is 0. The second-order valence-corrected chi connectivity index (χ2v) is 19.4. The van der Waals surface area contributed by atoms with Crippen LogP contribution in [0.2, 0.25) is 39.3 Å². The molecular weight excluding hydrogens is 393 g/mol. The van der Waals surface area contributed by atoms with Gasteiger partial charge >= 0.3 is 35.2 Å². The fraction of sp³-hybridized carbons (Fsp3) is 1.00. The van der Waals surface area contributed by atoms with Crippen molar-refractivity contribution in [2.45, 2.75) is 39.3 Å². The average Bonchev–Trinajstić information content (AvgIpc) is 2.35. The molecule has 8 nitrogen and oxygen atoms in total. The lowest BCUT2D eigenvalue weighted by Gasteiger charge is -2.45. The molecular formula is C8H24O8Si6. The SMILES string of the molecule is CO[Si]1(OC)O[Si](C)(C)O[Si](O[Si]C)(O[Si]C)O[Si](C)(C)O1. The van der Waals surface area contributed by atoms with Crippen LogP contribution >= 0.6 is 0 Å². The molecule has 0 saturated carbocycles. The molecule has 0 aromatic heterocycles. The summed E-state index contributed by atoms with van der Waals surface area (Å²) in [5, 5.41) is 0. The number of hydrogen-bond donors (Lipinski definition) is 0. The summed E-state index contributed by atoms with van der Waals surface area (Å²) in [5.74, 6) is 0. The fourth-order valence-electron chi connectivity index (χ4n) is 1.89. The van der Waals surface area contributed by atoms with Gasteiger partial charge in [-0.15, -0.1) is 0 Å². The summed E-state index contributed by atoms with van der Waals surface area (Å²) in [6.45, 7) is 11.3. The molecule has 0 bridgehead atoms. The molecule has 0 unspecified atom stereocenters. The van der Waals surface area contributed by atoms with E-state index in [1.165, 1.54) is 14.2 Å². The van der Waals surface area contributed by atoms with Gasteiger partial charge < -0.3 is 33.5 Å². The molecule has 0 aromatic carbocycles. The second kappa shape index (κ2) is 7.91. The van der Waals surface area contributed by atoms with Gasteiger partial charge in [0.05, 0.1) is 0 Å². The molecule has 1 saturated heterocycles. The summed E-state index contributed by atoms with van der Waals surface area (Å²) < 4.78 is 47.0. The van der Waals surface area contributed by atoms with Gasteiger partial charge in [-0.05, 0) is 39.3 Å². The second-order valence-electron chi connectivity index (χ2n) is 5.23. The first kappa shape index (κ1) is 21.0. The van der Waals surface area contributed by atoms with Crippen molar-refractivity contribution in [3.05, 3.63) is 0 Å². The Morgan fingerprint density at radius 2 is 0.955 bits per heavy atom. The van der Waals surface area contributed by atoms with Crippen LogP contribution in [0.5, 0.6) is 0 Å². The van der Waals surface area contributed by atoms with Crippen LogP contribution in [-0.2, 0) is 33.5 Å². The zero-order chi connectivity index (χ0) is 17.1. The molecule has 14 heteroatoms. The molecule has 1 aliphatic rings. The molecule has 0 spiro atoms. The summed E-state index contributed by atoms with van der Waals surface area (Å²) in [5.41, 5.74) is 0. The summed E-state index contributed by atoms with van der Waals surface area (Å²) in [6, 6.07) is 0. The Hall–Kier alpha value is 0.981. The third-order valence-corrected chi connectivity index (χ3v) is 18.9. The van der Waals surface area contributed by atoms with E-state index in [-0.39, 0.29) is 19.5 Å². The van der Waals surface area contributed by atoms with Gasteiger partial charge in [-0.1, -0.05) is 0 Å². The van der Waals surface area contributed by atoms with Crippen molar-refractivity contribution >= 4 is 54.7 Å². The highest BCUT2D eigenvalue weighted by molar-refractivity contribution is 6.89. The van der Waals surface area contributed by atoms with Gasteiger partial charge in [0.25, 0.3) is 0 Å². The molecule has 0 N–H and O–H groups in total. The topological polar surface area (TPSA) is 73.8 Å². The Bertz CT molecular complexity index is 335. The highest BCUT2D eigenvalue weighted by Crippen LogP contribution is 2.32. The van der Waals surface area contributed by atoms with Crippen molar-refractivity contribution in [3.63, 3.8) is 0 Å². The zero-order valence-electron chi connectivity index (χ0n) is 14.3. The van der Waals surface area contributed by atoms with Gasteiger partial charge in [0, 0.05) is 14.2 Å². The van der Waals surface area contributed by atoms with E-state index < -0.39 is 35.2 Å². The van der Waals surface area contributed by atoms with E-state index in [2.05, 4.69) is 0 Å². The first-order chi connectivity index (χ1) is 10.1. The van der Waals surface area contributed by atoms with Crippen LogP contribution in [0.1, 0.15) is 0 Å². The summed E-state index contributed by atoms with van der Waals surface area (Å²) in [6.07, 6.45) is 0. The molecule has 0 amide bonds. The lowest BCUT2D eigenvalue weighted by Crippen LogP contribution is -2.70. The van der Waals surface area contributed by atoms with Crippen molar-refractivity contribution in [3.8, 4) is 0 Å². The highest BCUT2D eigenvalue weighted by atomic mass is 28.6. The Kier molecular flexibility index (Phi) is 7.56. The smallest absolute Gasteiger partial charge is 0.395 e. The number of rotatable bonds is 6. The molecule has 0 aliphatic carbocycles. The van der Waals surface area contributed by atoms with Crippen LogP contribution in [0.3, 0.4) is 0 Å². The molecule has 128 valence electrons. The van der Waals surface area contributed by atoms with Gasteiger partial charge in [-0.2, -0.15) is 0 Å². The quantitative estimate of drug-likeness (QED) is 0.594. The standard InChI is InChI=1S/C8H24O8Si6/c1-9-21(10-2)13-19(5,6)15-22(11-17-3,12-18-4)16-20(7,8)14-21/h1-8H3. The van der Waals surface area contributed by atoms with E-state index in [1.807, 2.05) is 39.3 Å². The van der Waals surface area contributed by atoms with E-state index in [0.717, 1.165) is 0 Å². The molecule has 1 heterocycles. The van der Waals surface area contributed by atoms with Crippen LogP contribution in [0.25, 0.3) is 0 Å². The predicted molar refractivity (Wildman–Crippen MR) is 90.2 cm³/mol. The lowest BCUT2D eigenvalue weighted by atomic mass is 11.8. The van der Waals surface area contributed by atoms with Gasteiger partial charge in [-0.25, -0.2) is 0 Å². The van der Waals surface area contributed by atoms with Crippen molar-refractivity contribution in [2.75, 3.05) is 14.2 Å². The van der Waals surface area contributed by atoms with Gasteiger partial charge in [0.15, 0.2) is 0 Å². The van der Waals surface area contributed by atoms with Gasteiger partial charge in [-0.3, -0.25) is 0 Å². The molecule has 22 heavy (non-hydrogen) atoms. The van der Waals surface area contributed by atoms with E-state index in [4.69, 9.17) is 33.5 Å². The van der Waals surface area contributed by atoms with Crippen LogP contribution in [0.4, 0.5) is 0 Å². The Labute approximate surface area is 142 Å². The maximum absolute atomic E-state index is 6.17. The molecule has 4 radical (unpaired) electrons. The van der Waals surface area contributed by atoms with Crippen molar-refractivity contribution in [2.24, 2.45) is 0 Å². The first-order valence-corrected chi connectivity index (χ1v) is 18.4. The average molecular weight is 417 g/mol. The normalized spacial score (nSPS) is 26.2. The maximum atomic E-state index is 6.17. The molecule has 1 rings (SSSR count). The van der Waals surface area contributed by atoms with E-state index in [9.17, 15) is 0 Å². The fourth-order valence-corrected chi connectivity index (χ4v) is 19.9. The predicted octanol–water partition coefficient (Wildman–Crippen LogP) is 1.00. The monoisotopic (exact) mass is 416 g/mol. The molecule has 1 fully saturated rings. The van der Waals surface area contributed by atoms with Crippen LogP contribution < -0.4 is 0 Å².